The molecule has 0 bridgehead atoms. The van der Waals surface area contributed by atoms with Gasteiger partial charge in [0.25, 0.3) is 0 Å². The van der Waals surface area contributed by atoms with Crippen LogP contribution in [0.4, 0.5) is 5.69 Å². The molecule has 2 rings (SSSR count). The molecule has 0 aromatic heterocycles. The molecule has 0 fully saturated rings. The monoisotopic (exact) mass is 163 g/mol. The fourth-order valence-corrected chi connectivity index (χ4v) is 0.979. The van der Waals surface area contributed by atoms with Gasteiger partial charge in [-0.3, -0.25) is 4.94 Å². The summed E-state index contributed by atoms with van der Waals surface area (Å²) in [4.78, 5) is 14.6. The Balaban J connectivity index is 2.90. The molecule has 1 aliphatic heterocycles. The highest BCUT2D eigenvalue weighted by Crippen LogP contribution is 2.09. The van der Waals surface area contributed by atoms with E-state index in [2.05, 4.69) is 10.1 Å². The van der Waals surface area contributed by atoms with Crippen molar-refractivity contribution in [1.82, 2.24) is 0 Å². The topological polar surface area (TPSA) is 65.0 Å². The first-order chi connectivity index (χ1) is 5.83. The van der Waals surface area contributed by atoms with Crippen LogP contribution in [0.1, 0.15) is 0 Å². The molecule has 0 amide bonds. The van der Waals surface area contributed by atoms with Crippen LogP contribution in [-0.2, 0) is 9.73 Å². The first-order valence-electron chi connectivity index (χ1n) is 3.19. The maximum atomic E-state index is 10.8. The smallest absolute Gasteiger partial charge is 0.150 e. The van der Waals surface area contributed by atoms with Crippen LogP contribution >= 0.6 is 0 Å². The van der Waals surface area contributed by atoms with E-state index in [4.69, 9.17) is 0 Å². The second-order valence-electron chi connectivity index (χ2n) is 2.21. The molecule has 5 nitrogen and oxygen atoms in total. The molecular weight excluding hydrogens is 160 g/mol. The predicted molar refractivity (Wildman–Crippen MR) is 39.0 cm³/mol. The molecule has 0 atom stereocenters. The first kappa shape index (κ1) is 6.84. The molecule has 12 heavy (non-hydrogen) atoms. The summed E-state index contributed by atoms with van der Waals surface area (Å²) in [5, 5.41) is 14.9. The summed E-state index contributed by atoms with van der Waals surface area (Å²) >= 11 is 0. The minimum atomic E-state index is 0.228. The lowest BCUT2D eigenvalue weighted by Gasteiger charge is -2.18. The van der Waals surface area contributed by atoms with E-state index < -0.39 is 0 Å². The number of hydrogen-bond donors (Lipinski definition) is 0. The number of rotatable bonds is 0. The summed E-state index contributed by atoms with van der Waals surface area (Å²) in [6.07, 6.45) is 0. The number of carbonyl (C=O) groups excluding carboxylic acids is 1. The van der Waals surface area contributed by atoms with E-state index in [1.54, 1.807) is 12.0 Å². The van der Waals surface area contributed by atoms with Crippen LogP contribution in [0.5, 0.6) is 0 Å². The standard InChI is InChI=1S/C7H3N2O3/c10-4-5-2-1-3-6-7(5)8-12-9(6)11/h1-3H/q-1. The average molecular weight is 163 g/mol. The normalized spacial score (nSPS) is 12.9. The highest BCUT2D eigenvalue weighted by atomic mass is 17.0. The van der Waals surface area contributed by atoms with E-state index in [-0.39, 0.29) is 21.5 Å². The lowest BCUT2D eigenvalue weighted by atomic mass is 10.2. The summed E-state index contributed by atoms with van der Waals surface area (Å²) in [5.74, 6) is 1.66. The quantitative estimate of drug-likeness (QED) is 0.490. The Morgan fingerprint density at radius 1 is 1.58 bits per heavy atom. The van der Waals surface area contributed by atoms with Crippen molar-refractivity contribution in [2.75, 3.05) is 5.23 Å². The molecule has 1 aromatic rings. The van der Waals surface area contributed by atoms with Gasteiger partial charge in [-0.1, -0.05) is 11.2 Å². The number of benzene rings is 1. The summed E-state index contributed by atoms with van der Waals surface area (Å²) < 4.78 is 0. The van der Waals surface area contributed by atoms with Crippen LogP contribution in [0.25, 0.3) is 0 Å². The van der Waals surface area contributed by atoms with Gasteiger partial charge in [0.15, 0.2) is 0 Å². The maximum Gasteiger partial charge on any atom is 0.150 e. The minimum Gasteiger partial charge on any atom is -0.722 e. The van der Waals surface area contributed by atoms with Crippen molar-refractivity contribution in [3.8, 4) is 0 Å². The van der Waals surface area contributed by atoms with Gasteiger partial charge in [-0.15, -0.1) is 0 Å². The van der Waals surface area contributed by atoms with Gasteiger partial charge in [-0.25, -0.2) is 10.0 Å². The SMILES string of the molecule is O=C=c1cccc2c1=NON2[O-]. The van der Waals surface area contributed by atoms with Crippen molar-refractivity contribution in [1.29, 1.82) is 0 Å². The molecule has 0 radical (unpaired) electrons. The second-order valence-corrected chi connectivity index (χ2v) is 2.21. The van der Waals surface area contributed by atoms with Gasteiger partial charge >= 0.3 is 0 Å². The van der Waals surface area contributed by atoms with Gasteiger partial charge < -0.3 is 5.21 Å². The molecule has 0 N–H and O–H groups in total. The van der Waals surface area contributed by atoms with Gasteiger partial charge in [0.1, 0.15) is 11.3 Å². The van der Waals surface area contributed by atoms with Crippen molar-refractivity contribution in [2.45, 2.75) is 0 Å². The zero-order valence-corrected chi connectivity index (χ0v) is 5.85. The molecule has 60 valence electrons. The highest BCUT2D eigenvalue weighted by Gasteiger charge is 2.08. The lowest BCUT2D eigenvalue weighted by molar-refractivity contribution is 0.150. The number of fused-ring (bicyclic) bond motifs is 1. The Kier molecular flexibility index (Phi) is 1.33. The molecule has 0 aliphatic carbocycles. The number of anilines is 1. The van der Waals surface area contributed by atoms with Gasteiger partial charge in [0.2, 0.25) is 0 Å². The lowest BCUT2D eigenvalue weighted by Crippen LogP contribution is -2.26. The van der Waals surface area contributed by atoms with Gasteiger partial charge in [-0.05, 0) is 12.1 Å². The molecule has 0 spiro atoms. The zero-order valence-electron chi connectivity index (χ0n) is 5.85. The minimum absolute atomic E-state index is 0.228. The molecule has 0 saturated heterocycles. The highest BCUT2D eigenvalue weighted by molar-refractivity contribution is 5.53. The third-order valence-electron chi connectivity index (χ3n) is 1.53. The van der Waals surface area contributed by atoms with E-state index in [1.807, 2.05) is 0 Å². The van der Waals surface area contributed by atoms with Gasteiger partial charge in [-0.2, -0.15) is 0 Å². The zero-order chi connectivity index (χ0) is 8.55. The average Bonchev–Trinajstić information content (AvgIpc) is 2.48. The molecule has 5 heteroatoms. The van der Waals surface area contributed by atoms with Crippen LogP contribution in [0, 0.1) is 5.21 Å². The molecule has 0 unspecified atom stereocenters. The van der Waals surface area contributed by atoms with Crippen LogP contribution in [0.15, 0.2) is 23.4 Å². The van der Waals surface area contributed by atoms with E-state index >= 15 is 0 Å². The Morgan fingerprint density at radius 2 is 2.42 bits per heavy atom. The van der Waals surface area contributed by atoms with Crippen LogP contribution in [0.3, 0.4) is 0 Å². The molecule has 1 aromatic carbocycles. The summed E-state index contributed by atoms with van der Waals surface area (Å²) in [6.45, 7) is 0. The fraction of sp³-hybridized carbons (Fsp3) is 0. The summed E-state index contributed by atoms with van der Waals surface area (Å²) in [7, 11) is 0. The van der Waals surface area contributed by atoms with E-state index in [9.17, 15) is 10.0 Å². The molecule has 1 heterocycles. The fourth-order valence-electron chi connectivity index (χ4n) is 0.979. The van der Waals surface area contributed by atoms with Crippen molar-refractivity contribution < 1.29 is 9.73 Å². The molecular formula is C7H3N2O3-. The molecule has 0 saturated carbocycles. The number of nitrogens with zero attached hydrogens (tertiary/aromatic N) is 2. The van der Waals surface area contributed by atoms with Crippen molar-refractivity contribution in [3.05, 3.63) is 34.0 Å². The Hall–Kier alpha value is -1.84. The van der Waals surface area contributed by atoms with Crippen molar-refractivity contribution in [2.24, 2.45) is 5.16 Å². The van der Waals surface area contributed by atoms with Crippen LogP contribution < -0.4 is 15.8 Å². The Morgan fingerprint density at radius 3 is 3.17 bits per heavy atom. The summed E-state index contributed by atoms with van der Waals surface area (Å²) in [6, 6.07) is 4.59. The van der Waals surface area contributed by atoms with Crippen molar-refractivity contribution in [3.63, 3.8) is 0 Å². The van der Waals surface area contributed by atoms with Gasteiger partial charge in [0, 0.05) is 0 Å². The van der Waals surface area contributed by atoms with E-state index in [1.165, 1.54) is 12.1 Å². The maximum absolute atomic E-state index is 10.8. The summed E-state index contributed by atoms with van der Waals surface area (Å²) in [5.41, 5.74) is 0.232. The van der Waals surface area contributed by atoms with E-state index in [0.717, 1.165) is 0 Å². The van der Waals surface area contributed by atoms with E-state index in [0.29, 0.717) is 0 Å². The third-order valence-corrected chi connectivity index (χ3v) is 1.53. The number of hydrogen-bond acceptors (Lipinski definition) is 5. The Bertz CT molecular complexity index is 450. The second kappa shape index (κ2) is 2.34. The van der Waals surface area contributed by atoms with Crippen LogP contribution in [-0.4, -0.2) is 5.94 Å². The Labute approximate surface area is 66.7 Å². The first-order valence-corrected chi connectivity index (χ1v) is 3.19. The van der Waals surface area contributed by atoms with Crippen molar-refractivity contribution >= 4 is 11.6 Å². The largest absolute Gasteiger partial charge is 0.722 e. The van der Waals surface area contributed by atoms with Crippen LogP contribution in [0.2, 0.25) is 0 Å². The molecule has 1 aliphatic rings. The third kappa shape index (κ3) is 0.780. The van der Waals surface area contributed by atoms with Gasteiger partial charge in [0.05, 0.1) is 10.9 Å². The predicted octanol–water partition coefficient (Wildman–Crippen LogP) is -1.03.